The van der Waals surface area contributed by atoms with Crippen molar-refractivity contribution in [2.45, 2.75) is 123 Å². The van der Waals surface area contributed by atoms with Gasteiger partial charge in [0, 0.05) is 26.4 Å². The van der Waals surface area contributed by atoms with E-state index in [9.17, 15) is 5.11 Å². The first-order chi connectivity index (χ1) is 14.1. The zero-order valence-electron chi connectivity index (χ0n) is 19.4. The van der Waals surface area contributed by atoms with Gasteiger partial charge in [0.1, 0.15) is 24.4 Å². The van der Waals surface area contributed by atoms with E-state index in [0.29, 0.717) is 26.4 Å². The van der Waals surface area contributed by atoms with Crippen molar-refractivity contribution in [1.29, 1.82) is 0 Å². The summed E-state index contributed by atoms with van der Waals surface area (Å²) in [7, 11) is 0. The summed E-state index contributed by atoms with van der Waals surface area (Å²) in [6.45, 7) is 12.8. The molecule has 6 atom stereocenters. The van der Waals surface area contributed by atoms with E-state index in [4.69, 9.17) is 23.7 Å². The van der Waals surface area contributed by atoms with Crippen molar-refractivity contribution in [3.63, 3.8) is 0 Å². The van der Waals surface area contributed by atoms with E-state index in [1.807, 2.05) is 0 Å². The number of ether oxygens (including phenoxy) is 5. The van der Waals surface area contributed by atoms with Crippen LogP contribution in [0.15, 0.2) is 0 Å². The first-order valence-corrected chi connectivity index (χ1v) is 11.9. The third-order valence-corrected chi connectivity index (χ3v) is 5.21. The summed E-state index contributed by atoms with van der Waals surface area (Å²) in [4.78, 5) is 0. The summed E-state index contributed by atoms with van der Waals surface area (Å²) in [6, 6.07) is 0. The van der Waals surface area contributed by atoms with Crippen molar-refractivity contribution < 1.29 is 28.8 Å². The maximum atomic E-state index is 10.4. The van der Waals surface area contributed by atoms with Crippen molar-refractivity contribution in [3.05, 3.63) is 0 Å². The van der Waals surface area contributed by atoms with E-state index in [2.05, 4.69) is 27.7 Å². The van der Waals surface area contributed by atoms with Gasteiger partial charge in [-0.25, -0.2) is 0 Å². The lowest BCUT2D eigenvalue weighted by Gasteiger charge is -2.46. The summed E-state index contributed by atoms with van der Waals surface area (Å²) < 4.78 is 31.0. The summed E-state index contributed by atoms with van der Waals surface area (Å²) in [5.41, 5.74) is 0. The number of hydrogen-bond donors (Lipinski definition) is 1. The normalized spacial score (nSPS) is 28.6. The molecular weight excluding hydrogens is 372 g/mol. The minimum atomic E-state index is -0.687. The Morgan fingerprint density at radius 3 is 1.52 bits per heavy atom. The van der Waals surface area contributed by atoms with E-state index < -0.39 is 18.5 Å². The molecule has 6 heteroatoms. The fraction of sp³-hybridized carbons (Fsp3) is 1.00. The van der Waals surface area contributed by atoms with E-state index in [-0.39, 0.29) is 18.3 Å². The number of aliphatic hydroxyl groups is 1. The average Bonchev–Trinajstić information content (AvgIpc) is 2.70. The SMILES string of the molecule is CCCCO[C@H]1O[C@H]([C@H](C)O)[C@@H](OCCCC)[C@H](OCCCC)[C@@H]1OCCCC. The van der Waals surface area contributed by atoms with Gasteiger partial charge in [-0.15, -0.1) is 0 Å². The number of hydrogen-bond acceptors (Lipinski definition) is 6. The molecule has 1 aliphatic heterocycles. The largest absolute Gasteiger partial charge is 0.391 e. The second kappa shape index (κ2) is 16.5. The lowest BCUT2D eigenvalue weighted by molar-refractivity contribution is -0.329. The molecule has 1 heterocycles. The van der Waals surface area contributed by atoms with Crippen molar-refractivity contribution in [3.8, 4) is 0 Å². The van der Waals surface area contributed by atoms with Gasteiger partial charge in [-0.2, -0.15) is 0 Å². The topological polar surface area (TPSA) is 66.4 Å². The van der Waals surface area contributed by atoms with Crippen molar-refractivity contribution >= 4 is 0 Å². The van der Waals surface area contributed by atoms with Gasteiger partial charge in [-0.1, -0.05) is 53.4 Å². The molecule has 1 fully saturated rings. The highest BCUT2D eigenvalue weighted by Crippen LogP contribution is 2.31. The van der Waals surface area contributed by atoms with E-state index in [1.165, 1.54) is 0 Å². The zero-order chi connectivity index (χ0) is 21.5. The van der Waals surface area contributed by atoms with Gasteiger partial charge in [0.15, 0.2) is 6.29 Å². The predicted molar refractivity (Wildman–Crippen MR) is 115 cm³/mol. The zero-order valence-corrected chi connectivity index (χ0v) is 19.4. The minimum absolute atomic E-state index is 0.324. The van der Waals surface area contributed by atoms with Crippen molar-refractivity contribution in [2.75, 3.05) is 26.4 Å². The molecule has 0 aromatic carbocycles. The average molecular weight is 419 g/mol. The van der Waals surface area contributed by atoms with Gasteiger partial charge in [-0.3, -0.25) is 0 Å². The first-order valence-electron chi connectivity index (χ1n) is 11.9. The number of unbranched alkanes of at least 4 members (excludes halogenated alkanes) is 4. The molecule has 0 aromatic heterocycles. The Morgan fingerprint density at radius 1 is 0.655 bits per heavy atom. The van der Waals surface area contributed by atoms with Crippen molar-refractivity contribution in [1.82, 2.24) is 0 Å². The Hall–Kier alpha value is -0.240. The van der Waals surface area contributed by atoms with Crippen LogP contribution in [0.2, 0.25) is 0 Å². The second-order valence-corrected chi connectivity index (χ2v) is 8.00. The standard InChI is InChI=1S/C23H46O6/c1-6-10-14-25-20-19(18(5)24)29-23(28-17-13-9-4)22(27-16-12-8-3)21(20)26-15-11-7-2/h18-24H,6-17H2,1-5H3/t18-,19+,20+,21-,22-,23-/m0/s1. The molecule has 1 rings (SSSR count). The molecule has 29 heavy (non-hydrogen) atoms. The molecule has 0 amide bonds. The van der Waals surface area contributed by atoms with Crippen LogP contribution < -0.4 is 0 Å². The van der Waals surface area contributed by atoms with Gasteiger partial charge >= 0.3 is 0 Å². The molecule has 0 aromatic rings. The van der Waals surface area contributed by atoms with Gasteiger partial charge in [0.25, 0.3) is 0 Å². The molecular formula is C23H46O6. The van der Waals surface area contributed by atoms with Crippen LogP contribution in [0.5, 0.6) is 0 Å². The quantitative estimate of drug-likeness (QED) is 0.352. The van der Waals surface area contributed by atoms with Crippen molar-refractivity contribution in [2.24, 2.45) is 0 Å². The number of aliphatic hydroxyl groups excluding tert-OH is 1. The summed E-state index contributed by atoms with van der Waals surface area (Å²) in [5.74, 6) is 0. The highest BCUT2D eigenvalue weighted by Gasteiger charge is 2.50. The van der Waals surface area contributed by atoms with Crippen LogP contribution in [0, 0.1) is 0 Å². The lowest BCUT2D eigenvalue weighted by atomic mass is 9.95. The molecule has 1 saturated heterocycles. The Balaban J connectivity index is 3.03. The molecule has 1 N–H and O–H groups in total. The molecule has 0 unspecified atom stereocenters. The van der Waals surface area contributed by atoms with Crippen LogP contribution in [0.1, 0.15) is 86.0 Å². The molecule has 0 saturated carbocycles. The maximum absolute atomic E-state index is 10.4. The third kappa shape index (κ3) is 9.62. The van der Waals surface area contributed by atoms with E-state index in [1.54, 1.807) is 6.92 Å². The molecule has 0 bridgehead atoms. The highest BCUT2D eigenvalue weighted by molar-refractivity contribution is 4.95. The fourth-order valence-corrected chi connectivity index (χ4v) is 3.35. The Bertz CT molecular complexity index is 378. The molecule has 1 aliphatic rings. The molecule has 0 aliphatic carbocycles. The minimum Gasteiger partial charge on any atom is -0.391 e. The van der Waals surface area contributed by atoms with Crippen LogP contribution in [0.25, 0.3) is 0 Å². The smallest absolute Gasteiger partial charge is 0.186 e. The Morgan fingerprint density at radius 2 is 1.07 bits per heavy atom. The summed E-state index contributed by atoms with van der Waals surface area (Å²) in [5, 5.41) is 10.4. The molecule has 6 nitrogen and oxygen atoms in total. The van der Waals surface area contributed by atoms with Crippen LogP contribution in [0.4, 0.5) is 0 Å². The summed E-state index contributed by atoms with van der Waals surface area (Å²) >= 11 is 0. The van der Waals surface area contributed by atoms with Crippen LogP contribution in [-0.4, -0.2) is 68.3 Å². The van der Waals surface area contributed by atoms with Gasteiger partial charge < -0.3 is 28.8 Å². The first kappa shape index (κ1) is 26.8. The van der Waals surface area contributed by atoms with Crippen LogP contribution >= 0.6 is 0 Å². The summed E-state index contributed by atoms with van der Waals surface area (Å²) in [6.07, 6.45) is 5.26. The maximum Gasteiger partial charge on any atom is 0.186 e. The van der Waals surface area contributed by atoms with Gasteiger partial charge in [0.2, 0.25) is 0 Å². The molecule has 0 spiro atoms. The highest BCUT2D eigenvalue weighted by atomic mass is 16.7. The Kier molecular flexibility index (Phi) is 15.2. The lowest BCUT2D eigenvalue weighted by Crippen LogP contribution is -2.63. The predicted octanol–water partition coefficient (Wildman–Crippen LogP) is 4.46. The van der Waals surface area contributed by atoms with E-state index >= 15 is 0 Å². The molecule has 0 radical (unpaired) electrons. The van der Waals surface area contributed by atoms with Crippen LogP contribution in [-0.2, 0) is 23.7 Å². The fourth-order valence-electron chi connectivity index (χ4n) is 3.35. The third-order valence-electron chi connectivity index (χ3n) is 5.21. The number of rotatable bonds is 17. The second-order valence-electron chi connectivity index (χ2n) is 8.00. The van der Waals surface area contributed by atoms with Gasteiger partial charge in [-0.05, 0) is 32.6 Å². The Labute approximate surface area is 178 Å². The van der Waals surface area contributed by atoms with E-state index in [0.717, 1.165) is 51.4 Å². The monoisotopic (exact) mass is 418 g/mol. The molecule has 174 valence electrons. The van der Waals surface area contributed by atoms with Gasteiger partial charge in [0.05, 0.1) is 6.10 Å². The van der Waals surface area contributed by atoms with Crippen LogP contribution in [0.3, 0.4) is 0 Å².